The average molecular weight is 369 g/mol. The molecule has 7 nitrogen and oxygen atoms in total. The zero-order valence-electron chi connectivity index (χ0n) is 13.8. The zero-order valence-corrected chi connectivity index (χ0v) is 14.6. The van der Waals surface area contributed by atoms with Gasteiger partial charge in [0, 0.05) is 22.6 Å². The summed E-state index contributed by atoms with van der Waals surface area (Å²) in [5, 5.41) is 11.3. The number of Topliss-reactive ketones (excluding diaryl/α,β-unsaturated/α-hetero) is 1. The van der Waals surface area contributed by atoms with Crippen molar-refractivity contribution in [3.8, 4) is 0 Å². The van der Waals surface area contributed by atoms with Crippen molar-refractivity contribution in [1.82, 2.24) is 9.55 Å². The van der Waals surface area contributed by atoms with Crippen LogP contribution in [0.5, 0.6) is 0 Å². The highest BCUT2D eigenvalue weighted by molar-refractivity contribution is 7.18. The summed E-state index contributed by atoms with van der Waals surface area (Å²) in [5.74, 6) is -0.285. The second-order valence-electron chi connectivity index (χ2n) is 6.30. The predicted octanol–water partition coefficient (Wildman–Crippen LogP) is 3.13. The highest BCUT2D eigenvalue weighted by atomic mass is 32.1. The number of hydrogen-bond acceptors (Lipinski definition) is 6. The number of aryl methyl sites for hydroxylation is 2. The van der Waals surface area contributed by atoms with Crippen LogP contribution in [-0.2, 0) is 19.4 Å². The van der Waals surface area contributed by atoms with Gasteiger partial charge in [0.2, 0.25) is 0 Å². The van der Waals surface area contributed by atoms with Crippen molar-refractivity contribution >= 4 is 33.0 Å². The number of nitrogens with zero attached hydrogens (tertiary/aromatic N) is 3. The van der Waals surface area contributed by atoms with Crippen molar-refractivity contribution in [3.63, 3.8) is 0 Å². The van der Waals surface area contributed by atoms with Crippen molar-refractivity contribution in [2.75, 3.05) is 0 Å². The number of benzene rings is 1. The molecule has 0 bridgehead atoms. The van der Waals surface area contributed by atoms with Gasteiger partial charge in [0.1, 0.15) is 4.83 Å². The summed E-state index contributed by atoms with van der Waals surface area (Å²) in [6.45, 7) is -0.135. The minimum atomic E-state index is -0.518. The number of ketones is 1. The molecule has 1 aliphatic rings. The summed E-state index contributed by atoms with van der Waals surface area (Å²) in [6.07, 6.45) is 5.47. The van der Waals surface area contributed by atoms with Crippen LogP contribution in [-0.4, -0.2) is 20.3 Å². The number of non-ortho nitro benzene ring substituents is 1. The van der Waals surface area contributed by atoms with E-state index in [0.717, 1.165) is 36.1 Å². The molecule has 0 fully saturated rings. The van der Waals surface area contributed by atoms with Gasteiger partial charge in [-0.1, -0.05) is 0 Å². The number of aromatic nitrogens is 2. The Morgan fingerprint density at radius 3 is 2.69 bits per heavy atom. The fourth-order valence-corrected chi connectivity index (χ4v) is 4.53. The molecule has 2 aromatic heterocycles. The topological polar surface area (TPSA) is 95.1 Å². The highest BCUT2D eigenvalue weighted by Crippen LogP contribution is 2.33. The van der Waals surface area contributed by atoms with Crippen LogP contribution in [0.25, 0.3) is 10.2 Å². The molecule has 1 aliphatic carbocycles. The number of thiophene rings is 1. The first-order valence-corrected chi connectivity index (χ1v) is 9.13. The molecule has 0 unspecified atom stereocenters. The van der Waals surface area contributed by atoms with Crippen LogP contribution < -0.4 is 5.56 Å². The maximum absolute atomic E-state index is 12.9. The molecule has 26 heavy (non-hydrogen) atoms. The number of hydrogen-bond donors (Lipinski definition) is 0. The predicted molar refractivity (Wildman–Crippen MR) is 97.9 cm³/mol. The molecule has 3 aromatic rings. The van der Waals surface area contributed by atoms with E-state index in [1.54, 1.807) is 11.3 Å². The van der Waals surface area contributed by atoms with Gasteiger partial charge in [0.05, 0.1) is 23.2 Å². The minimum Gasteiger partial charge on any atom is -0.292 e. The first kappa shape index (κ1) is 16.6. The van der Waals surface area contributed by atoms with Crippen molar-refractivity contribution < 1.29 is 9.72 Å². The maximum atomic E-state index is 12.9. The van der Waals surface area contributed by atoms with E-state index in [1.807, 2.05) is 0 Å². The average Bonchev–Trinajstić information content (AvgIpc) is 3.03. The van der Waals surface area contributed by atoms with Gasteiger partial charge in [-0.2, -0.15) is 0 Å². The number of carbonyl (C=O) groups excluding carboxylic acids is 1. The van der Waals surface area contributed by atoms with Gasteiger partial charge in [-0.15, -0.1) is 11.3 Å². The lowest BCUT2D eigenvalue weighted by atomic mass is 9.97. The minimum absolute atomic E-state index is 0.0771. The summed E-state index contributed by atoms with van der Waals surface area (Å²) in [4.78, 5) is 41.8. The smallest absolute Gasteiger partial charge is 0.269 e. The molecule has 0 atom stereocenters. The third-order valence-corrected chi connectivity index (χ3v) is 5.86. The molecule has 0 radical (unpaired) electrons. The molecule has 1 aromatic carbocycles. The van der Waals surface area contributed by atoms with Gasteiger partial charge in [-0.3, -0.25) is 24.3 Å². The summed E-state index contributed by atoms with van der Waals surface area (Å²) in [7, 11) is 0. The quantitative estimate of drug-likeness (QED) is 0.400. The van der Waals surface area contributed by atoms with Crippen LogP contribution in [0.4, 0.5) is 5.69 Å². The van der Waals surface area contributed by atoms with Crippen LogP contribution in [0.3, 0.4) is 0 Å². The van der Waals surface area contributed by atoms with Gasteiger partial charge in [0.25, 0.3) is 11.2 Å². The van der Waals surface area contributed by atoms with Gasteiger partial charge < -0.3 is 0 Å². The second kappa shape index (κ2) is 6.45. The van der Waals surface area contributed by atoms with Crippen molar-refractivity contribution in [2.45, 2.75) is 32.2 Å². The fourth-order valence-electron chi connectivity index (χ4n) is 3.31. The number of fused-ring (bicyclic) bond motifs is 3. The monoisotopic (exact) mass is 369 g/mol. The molecule has 8 heteroatoms. The van der Waals surface area contributed by atoms with E-state index in [4.69, 9.17) is 0 Å². The van der Waals surface area contributed by atoms with E-state index >= 15 is 0 Å². The van der Waals surface area contributed by atoms with Crippen LogP contribution in [0, 0.1) is 10.1 Å². The summed E-state index contributed by atoms with van der Waals surface area (Å²) in [6, 6.07) is 5.38. The molecule has 132 valence electrons. The van der Waals surface area contributed by atoms with E-state index < -0.39 is 4.92 Å². The molecule has 0 saturated carbocycles. The third-order valence-electron chi connectivity index (χ3n) is 4.66. The summed E-state index contributed by atoms with van der Waals surface area (Å²) in [5.41, 5.74) is 1.15. The molecule has 0 amide bonds. The van der Waals surface area contributed by atoms with Crippen LogP contribution in [0.1, 0.15) is 33.6 Å². The Labute approximate surface area is 152 Å². The van der Waals surface area contributed by atoms with Gasteiger partial charge in [0.15, 0.2) is 5.78 Å². The molecular weight excluding hydrogens is 354 g/mol. The third kappa shape index (κ3) is 2.82. The lowest BCUT2D eigenvalue weighted by molar-refractivity contribution is -0.384. The lowest BCUT2D eigenvalue weighted by Crippen LogP contribution is -2.25. The Bertz CT molecular complexity index is 1080. The first-order valence-electron chi connectivity index (χ1n) is 8.32. The highest BCUT2D eigenvalue weighted by Gasteiger charge is 2.20. The van der Waals surface area contributed by atoms with E-state index in [2.05, 4.69) is 4.98 Å². The van der Waals surface area contributed by atoms with Crippen molar-refractivity contribution in [2.24, 2.45) is 0 Å². The van der Waals surface area contributed by atoms with Crippen molar-refractivity contribution in [3.05, 3.63) is 67.1 Å². The standard InChI is InChI=1S/C18H15N3O4S/c22-14(11-5-7-12(8-6-11)21(24)25)9-20-10-19-17-16(18(20)23)13-3-1-2-4-15(13)26-17/h5-8,10H,1-4,9H2. The Kier molecular flexibility index (Phi) is 4.12. The number of rotatable bonds is 4. The normalized spacial score (nSPS) is 13.5. The molecule has 4 rings (SSSR count). The maximum Gasteiger partial charge on any atom is 0.269 e. The number of nitro benzene ring substituents is 1. The molecule has 2 heterocycles. The summed E-state index contributed by atoms with van der Waals surface area (Å²) < 4.78 is 1.33. The van der Waals surface area contributed by atoms with E-state index in [-0.39, 0.29) is 23.6 Å². The van der Waals surface area contributed by atoms with Crippen molar-refractivity contribution in [1.29, 1.82) is 0 Å². The second-order valence-corrected chi connectivity index (χ2v) is 7.38. The Hall–Kier alpha value is -2.87. The molecule has 0 spiro atoms. The molecule has 0 saturated heterocycles. The number of carbonyl (C=O) groups is 1. The Balaban J connectivity index is 1.66. The fraction of sp³-hybridized carbons (Fsp3) is 0.278. The number of nitro groups is 1. The Morgan fingerprint density at radius 2 is 1.96 bits per heavy atom. The van der Waals surface area contributed by atoms with Crippen LogP contribution >= 0.6 is 11.3 Å². The van der Waals surface area contributed by atoms with E-state index in [0.29, 0.717) is 10.9 Å². The zero-order chi connectivity index (χ0) is 18.3. The summed E-state index contributed by atoms with van der Waals surface area (Å²) >= 11 is 1.57. The van der Waals surface area contributed by atoms with E-state index in [9.17, 15) is 19.7 Å². The largest absolute Gasteiger partial charge is 0.292 e. The van der Waals surface area contributed by atoms with E-state index in [1.165, 1.54) is 40.0 Å². The molecular formula is C18H15N3O4S. The molecule has 0 N–H and O–H groups in total. The van der Waals surface area contributed by atoms with Crippen LogP contribution in [0.15, 0.2) is 35.4 Å². The first-order chi connectivity index (χ1) is 12.5. The van der Waals surface area contributed by atoms with Gasteiger partial charge in [-0.05, 0) is 43.4 Å². The van der Waals surface area contributed by atoms with Gasteiger partial charge in [-0.25, -0.2) is 4.98 Å². The lowest BCUT2D eigenvalue weighted by Gasteiger charge is -2.10. The van der Waals surface area contributed by atoms with Crippen LogP contribution in [0.2, 0.25) is 0 Å². The Morgan fingerprint density at radius 1 is 1.23 bits per heavy atom. The molecule has 0 aliphatic heterocycles. The van der Waals surface area contributed by atoms with Gasteiger partial charge >= 0.3 is 0 Å². The SMILES string of the molecule is O=C(Cn1cnc2sc3c(c2c1=O)CCCC3)c1ccc([N+](=O)[O-])cc1.